The van der Waals surface area contributed by atoms with Crippen LogP contribution in [-0.2, 0) is 42.7 Å². The van der Waals surface area contributed by atoms with E-state index < -0.39 is 177 Å². The summed E-state index contributed by atoms with van der Waals surface area (Å²) in [5, 5.41) is 152. The molecule has 0 amide bonds. The fourth-order valence-electron chi connectivity index (χ4n) is 17.3. The lowest BCUT2D eigenvalue weighted by Crippen LogP contribution is -2.70. The van der Waals surface area contributed by atoms with Crippen molar-refractivity contribution in [3.05, 3.63) is 12.2 Å². The molecule has 9 rings (SSSR count). The number of allylic oxidation sites excluding steroid dienone is 1. The highest BCUT2D eigenvalue weighted by molar-refractivity contribution is 5.78. The van der Waals surface area contributed by atoms with Gasteiger partial charge in [0.15, 0.2) is 18.9 Å². The minimum absolute atomic E-state index is 0.0513. The number of carbonyl (C=O) groups is 1. The van der Waals surface area contributed by atoms with Crippen LogP contribution in [-0.4, -0.2) is 232 Å². The normalized spacial score (nSPS) is 55.5. The van der Waals surface area contributed by atoms with Crippen LogP contribution in [0, 0.1) is 56.7 Å². The Morgan fingerprint density at radius 1 is 0.584 bits per heavy atom. The van der Waals surface area contributed by atoms with Crippen LogP contribution >= 0.6 is 0 Å². The molecule has 0 aromatic carbocycles. The molecule has 4 saturated heterocycles. The minimum atomic E-state index is -1.91. The Hall–Kier alpha value is -1.63. The molecule has 23 heteroatoms. The summed E-state index contributed by atoms with van der Waals surface area (Å²) in [4.78, 5) is 15.2. The van der Waals surface area contributed by atoms with E-state index in [4.69, 9.17) is 37.9 Å². The molecular formula is C54H88O23. The molecule has 77 heavy (non-hydrogen) atoms. The van der Waals surface area contributed by atoms with Gasteiger partial charge < -0.3 is 109 Å². The van der Waals surface area contributed by atoms with E-state index in [1.165, 1.54) is 6.92 Å². The average molecular weight is 1110 g/mol. The van der Waals surface area contributed by atoms with Gasteiger partial charge in [-0.25, -0.2) is 0 Å². The topological polar surface area (TPSA) is 374 Å². The van der Waals surface area contributed by atoms with Crippen molar-refractivity contribution < 1.29 is 114 Å². The molecule has 5 aliphatic carbocycles. The van der Waals surface area contributed by atoms with Gasteiger partial charge in [0.05, 0.1) is 43.5 Å². The molecule has 14 N–H and O–H groups in total. The standard InChI is InChI=1S/C54H88O23/c1-21(2)23-9-14-54(49(69)77-48-41(67)37(63)34(60)28(74-48)20-70-45-42(68)38(64)43(27(19-56)73-45)76-46-39(65)35(61)32(58)22(3)71-46)16-15-52(7)24(31(23)54)17-25(57)44-51(6)12-11-30(50(4,5)29(51)10-13-53(44,52)8)75-47-40(66)36(62)33(59)26(18-55)72-47/h22-48,55-68H,1,9-20H2,2-8H3/t22-,23-,24+,25+,26+,27+,28+,29-,30+,31+,32-,33+,34+,35+,36-,37-,38+,39+,40+,41+,42+,43+,44+,45+,46-,47-,48-,51-,52+,53+,54-/m0/s1. The van der Waals surface area contributed by atoms with Gasteiger partial charge in [0.25, 0.3) is 0 Å². The molecule has 442 valence electrons. The highest BCUT2D eigenvalue weighted by Gasteiger charge is 2.74. The maximum atomic E-state index is 15.2. The maximum Gasteiger partial charge on any atom is 0.314 e. The second-order valence-electron chi connectivity index (χ2n) is 25.9. The van der Waals surface area contributed by atoms with Gasteiger partial charge in [-0.3, -0.25) is 4.79 Å². The Morgan fingerprint density at radius 3 is 1.79 bits per heavy atom. The molecule has 5 saturated carbocycles. The van der Waals surface area contributed by atoms with Crippen molar-refractivity contribution >= 4 is 5.97 Å². The molecule has 0 aromatic rings. The summed E-state index contributed by atoms with van der Waals surface area (Å²) >= 11 is 0. The number of hydrogen-bond donors (Lipinski definition) is 14. The van der Waals surface area contributed by atoms with Crippen LogP contribution in [0.3, 0.4) is 0 Å². The van der Waals surface area contributed by atoms with Gasteiger partial charge in [-0.2, -0.15) is 0 Å². The van der Waals surface area contributed by atoms with Crippen LogP contribution in [0.4, 0.5) is 0 Å². The molecule has 9 fully saturated rings. The van der Waals surface area contributed by atoms with Gasteiger partial charge in [-0.05, 0) is 123 Å². The number of carbonyl (C=O) groups excluding carboxylic acids is 1. The average Bonchev–Trinajstić information content (AvgIpc) is 4.02. The van der Waals surface area contributed by atoms with Crippen molar-refractivity contribution in [2.45, 2.75) is 241 Å². The quantitative estimate of drug-likeness (QED) is 0.0561. The third-order valence-corrected chi connectivity index (χ3v) is 21.7. The van der Waals surface area contributed by atoms with Gasteiger partial charge in [-0.15, -0.1) is 0 Å². The molecule has 23 nitrogen and oxygen atoms in total. The lowest BCUT2D eigenvalue weighted by atomic mass is 9.31. The summed E-state index contributed by atoms with van der Waals surface area (Å²) in [6, 6.07) is 0. The molecule has 0 radical (unpaired) electrons. The zero-order chi connectivity index (χ0) is 56.4. The van der Waals surface area contributed by atoms with Crippen molar-refractivity contribution in [3.8, 4) is 0 Å². The maximum absolute atomic E-state index is 15.2. The van der Waals surface area contributed by atoms with Gasteiger partial charge >= 0.3 is 5.97 Å². The fourth-order valence-corrected chi connectivity index (χ4v) is 17.3. The monoisotopic (exact) mass is 1100 g/mol. The number of esters is 1. The van der Waals surface area contributed by atoms with E-state index in [0.29, 0.717) is 44.9 Å². The molecular weight excluding hydrogens is 1020 g/mol. The molecule has 9 aliphatic rings. The smallest absolute Gasteiger partial charge is 0.314 e. The third kappa shape index (κ3) is 9.61. The van der Waals surface area contributed by atoms with Crippen molar-refractivity contribution in [1.82, 2.24) is 0 Å². The van der Waals surface area contributed by atoms with E-state index in [1.807, 2.05) is 6.92 Å². The first-order valence-corrected chi connectivity index (χ1v) is 27.8. The lowest BCUT2D eigenvalue weighted by molar-refractivity contribution is -0.361. The molecule has 0 unspecified atom stereocenters. The van der Waals surface area contributed by atoms with Crippen molar-refractivity contribution in [1.29, 1.82) is 0 Å². The van der Waals surface area contributed by atoms with E-state index in [9.17, 15) is 71.5 Å². The largest absolute Gasteiger partial charge is 0.432 e. The Balaban J connectivity index is 0.892. The Bertz CT molecular complexity index is 2100. The van der Waals surface area contributed by atoms with Crippen LogP contribution in [0.15, 0.2) is 12.2 Å². The fraction of sp³-hybridized carbons (Fsp3) is 0.944. The first kappa shape index (κ1) is 60.0. The number of aliphatic hydroxyl groups excluding tert-OH is 14. The summed E-state index contributed by atoms with van der Waals surface area (Å²) < 4.78 is 47.1. The summed E-state index contributed by atoms with van der Waals surface area (Å²) in [6.07, 6.45) is -27.8. The molecule has 0 spiro atoms. The first-order valence-electron chi connectivity index (χ1n) is 27.8. The van der Waals surface area contributed by atoms with Crippen molar-refractivity contribution in [3.63, 3.8) is 0 Å². The number of fused-ring (bicyclic) bond motifs is 7. The first-order chi connectivity index (χ1) is 36.0. The van der Waals surface area contributed by atoms with E-state index in [0.717, 1.165) is 18.4 Å². The van der Waals surface area contributed by atoms with Crippen molar-refractivity contribution in [2.75, 3.05) is 19.8 Å². The molecule has 0 aromatic heterocycles. The molecule has 31 atom stereocenters. The van der Waals surface area contributed by atoms with E-state index in [-0.39, 0.29) is 40.4 Å². The second-order valence-corrected chi connectivity index (χ2v) is 25.9. The predicted molar refractivity (Wildman–Crippen MR) is 263 cm³/mol. The highest BCUT2D eigenvalue weighted by atomic mass is 16.8. The number of ether oxygens (including phenoxy) is 8. The van der Waals surface area contributed by atoms with Gasteiger partial charge in [-0.1, -0.05) is 46.8 Å². The predicted octanol–water partition coefficient (Wildman–Crippen LogP) is -2.18. The zero-order valence-corrected chi connectivity index (χ0v) is 45.2. The second kappa shape index (κ2) is 21.8. The summed E-state index contributed by atoms with van der Waals surface area (Å²) in [5.74, 6) is -1.41. The van der Waals surface area contributed by atoms with Crippen LogP contribution in [0.5, 0.6) is 0 Å². The van der Waals surface area contributed by atoms with Crippen LogP contribution < -0.4 is 0 Å². The molecule has 4 aliphatic heterocycles. The molecule has 4 heterocycles. The highest BCUT2D eigenvalue weighted by Crippen LogP contribution is 2.78. The summed E-state index contributed by atoms with van der Waals surface area (Å²) in [5.41, 5.74) is -1.89. The van der Waals surface area contributed by atoms with E-state index in [1.54, 1.807) is 0 Å². The number of aliphatic hydroxyl groups is 14. The Morgan fingerprint density at radius 2 is 1.16 bits per heavy atom. The SMILES string of the molecule is C=C(C)[C@@H]1CC[C@]2(C(=O)O[C@@H]3O[C@H](CO[C@@H]4O[C@H](CO)[C@@H](O[C@@H]5O[C@@H](C)[C@H](O)[C@@H](O)[C@H]5O)[C@H](O)[C@H]4O)[C@@H](O)[C@H](O)[C@H]3O)CC[C@]3(C)[C@H](C[C@@H](O)[C@@H]4[C@@]5(C)CC[C@@H](O[C@@H]6O[C@H](CO)[C@@H](O)[C@H](O)[C@H]6O)C(C)(C)[C@@H]5CC[C@]43C)[C@@H]12. The van der Waals surface area contributed by atoms with Crippen LogP contribution in [0.2, 0.25) is 0 Å². The Labute approximate surface area is 449 Å². The number of hydrogen-bond acceptors (Lipinski definition) is 23. The van der Waals surface area contributed by atoms with E-state index in [2.05, 4.69) is 41.2 Å². The summed E-state index contributed by atoms with van der Waals surface area (Å²) in [6.45, 7) is 16.9. The summed E-state index contributed by atoms with van der Waals surface area (Å²) in [7, 11) is 0. The van der Waals surface area contributed by atoms with E-state index >= 15 is 4.79 Å². The third-order valence-electron chi connectivity index (χ3n) is 21.7. The minimum Gasteiger partial charge on any atom is -0.432 e. The van der Waals surface area contributed by atoms with Crippen LogP contribution in [0.25, 0.3) is 0 Å². The number of rotatable bonds is 12. The zero-order valence-electron chi connectivity index (χ0n) is 45.2. The molecule has 0 bridgehead atoms. The Kier molecular flexibility index (Phi) is 17.0. The lowest BCUT2D eigenvalue weighted by Gasteiger charge is -2.73. The van der Waals surface area contributed by atoms with Gasteiger partial charge in [0, 0.05) is 0 Å². The van der Waals surface area contributed by atoms with Crippen LogP contribution in [0.1, 0.15) is 106 Å². The van der Waals surface area contributed by atoms with Crippen molar-refractivity contribution in [2.24, 2.45) is 56.7 Å². The van der Waals surface area contributed by atoms with Gasteiger partial charge in [0.2, 0.25) is 6.29 Å². The van der Waals surface area contributed by atoms with Gasteiger partial charge in [0.1, 0.15) is 91.6 Å².